The van der Waals surface area contributed by atoms with Crippen molar-refractivity contribution in [2.24, 2.45) is 5.92 Å². The summed E-state index contributed by atoms with van der Waals surface area (Å²) in [4.78, 5) is 24.2. The highest BCUT2D eigenvalue weighted by Gasteiger charge is 2.28. The lowest BCUT2D eigenvalue weighted by Gasteiger charge is -2.16. The molecular weight excluding hydrogens is 249 g/mol. The van der Waals surface area contributed by atoms with Gasteiger partial charge < -0.3 is 10.0 Å². The van der Waals surface area contributed by atoms with Crippen LogP contribution >= 0.6 is 0 Å². The van der Waals surface area contributed by atoms with Crippen LogP contribution in [0.3, 0.4) is 0 Å². The smallest absolute Gasteiger partial charge is 0.338 e. The van der Waals surface area contributed by atoms with Gasteiger partial charge in [0.2, 0.25) is 5.91 Å². The summed E-state index contributed by atoms with van der Waals surface area (Å²) in [6, 6.07) is 3.99. The van der Waals surface area contributed by atoms with Crippen LogP contribution in [0.5, 0.6) is 0 Å². The standard InChI is InChI=1S/C14H16FNO3/c1-2-9-6-13(17)16(7-9)8-10-3-4-11(14(18)19)12(15)5-10/h3-5,9H,2,6-8H2,1H3,(H,18,19). The molecule has 4 nitrogen and oxygen atoms in total. The molecule has 1 aliphatic heterocycles. The van der Waals surface area contributed by atoms with E-state index in [2.05, 4.69) is 0 Å². The largest absolute Gasteiger partial charge is 0.478 e. The van der Waals surface area contributed by atoms with Crippen molar-refractivity contribution in [1.29, 1.82) is 0 Å². The number of amides is 1. The van der Waals surface area contributed by atoms with Gasteiger partial charge >= 0.3 is 5.97 Å². The van der Waals surface area contributed by atoms with Gasteiger partial charge in [-0.25, -0.2) is 9.18 Å². The van der Waals surface area contributed by atoms with E-state index in [1.165, 1.54) is 12.1 Å². The van der Waals surface area contributed by atoms with Crippen LogP contribution < -0.4 is 0 Å². The van der Waals surface area contributed by atoms with E-state index in [1.807, 2.05) is 6.92 Å². The van der Waals surface area contributed by atoms with Crippen LogP contribution in [0.4, 0.5) is 4.39 Å². The van der Waals surface area contributed by atoms with Crippen LogP contribution in [0, 0.1) is 11.7 Å². The Bertz CT molecular complexity index is 515. The maximum Gasteiger partial charge on any atom is 0.338 e. The zero-order valence-corrected chi connectivity index (χ0v) is 10.7. The van der Waals surface area contributed by atoms with Gasteiger partial charge in [0.05, 0.1) is 5.56 Å². The highest BCUT2D eigenvalue weighted by Crippen LogP contribution is 2.23. The van der Waals surface area contributed by atoms with Crippen molar-refractivity contribution in [2.75, 3.05) is 6.54 Å². The second-order valence-corrected chi connectivity index (χ2v) is 4.87. The summed E-state index contributed by atoms with van der Waals surface area (Å²) >= 11 is 0. The minimum atomic E-state index is -1.28. The molecule has 0 saturated carbocycles. The highest BCUT2D eigenvalue weighted by atomic mass is 19.1. The number of aromatic carboxylic acids is 1. The summed E-state index contributed by atoms with van der Waals surface area (Å²) in [6.45, 7) is 3.08. The number of likely N-dealkylation sites (tertiary alicyclic amines) is 1. The fourth-order valence-corrected chi connectivity index (χ4v) is 2.33. The Kier molecular flexibility index (Phi) is 3.83. The van der Waals surface area contributed by atoms with Crippen molar-refractivity contribution in [1.82, 2.24) is 4.90 Å². The molecule has 0 radical (unpaired) electrons. The zero-order valence-electron chi connectivity index (χ0n) is 10.7. The van der Waals surface area contributed by atoms with Crippen LogP contribution in [-0.2, 0) is 11.3 Å². The average Bonchev–Trinajstić information content (AvgIpc) is 2.70. The average molecular weight is 265 g/mol. The topological polar surface area (TPSA) is 57.6 Å². The summed E-state index contributed by atoms with van der Waals surface area (Å²) in [5, 5.41) is 8.74. The van der Waals surface area contributed by atoms with Gasteiger partial charge in [-0.1, -0.05) is 19.4 Å². The van der Waals surface area contributed by atoms with Crippen molar-refractivity contribution in [3.63, 3.8) is 0 Å². The predicted molar refractivity (Wildman–Crippen MR) is 67.2 cm³/mol. The SMILES string of the molecule is CCC1CC(=O)N(Cc2ccc(C(=O)O)c(F)c2)C1. The van der Waals surface area contributed by atoms with Gasteiger partial charge in [-0.15, -0.1) is 0 Å². The van der Waals surface area contributed by atoms with E-state index in [1.54, 1.807) is 11.0 Å². The molecule has 2 rings (SSSR count). The lowest BCUT2D eigenvalue weighted by atomic mass is 10.1. The van der Waals surface area contributed by atoms with Gasteiger partial charge in [0.15, 0.2) is 0 Å². The minimum Gasteiger partial charge on any atom is -0.478 e. The summed E-state index contributed by atoms with van der Waals surface area (Å²) in [6.07, 6.45) is 1.50. The molecule has 1 heterocycles. The van der Waals surface area contributed by atoms with Gasteiger partial charge in [-0.2, -0.15) is 0 Å². The van der Waals surface area contributed by atoms with Gasteiger partial charge in [0.1, 0.15) is 5.82 Å². The monoisotopic (exact) mass is 265 g/mol. The predicted octanol–water partition coefficient (Wildman–Crippen LogP) is 2.28. The first-order valence-electron chi connectivity index (χ1n) is 6.30. The zero-order chi connectivity index (χ0) is 14.0. The fraction of sp³-hybridized carbons (Fsp3) is 0.429. The van der Waals surface area contributed by atoms with E-state index in [0.717, 1.165) is 6.42 Å². The second kappa shape index (κ2) is 5.38. The first-order chi connectivity index (χ1) is 9.01. The van der Waals surface area contributed by atoms with E-state index in [4.69, 9.17) is 5.11 Å². The Labute approximate surface area is 110 Å². The first kappa shape index (κ1) is 13.5. The number of carbonyl (C=O) groups excluding carboxylic acids is 1. The Morgan fingerprint density at radius 1 is 1.53 bits per heavy atom. The maximum atomic E-state index is 13.5. The van der Waals surface area contributed by atoms with Crippen molar-refractivity contribution in [3.05, 3.63) is 35.1 Å². The third-order valence-electron chi connectivity index (χ3n) is 3.51. The molecule has 102 valence electrons. The quantitative estimate of drug-likeness (QED) is 0.908. The number of benzene rings is 1. The molecule has 1 amide bonds. The molecule has 0 aromatic heterocycles. The highest BCUT2D eigenvalue weighted by molar-refractivity contribution is 5.88. The molecule has 5 heteroatoms. The van der Waals surface area contributed by atoms with Gasteiger partial charge in [0.25, 0.3) is 0 Å². The van der Waals surface area contributed by atoms with Crippen LogP contribution in [0.25, 0.3) is 0 Å². The Morgan fingerprint density at radius 3 is 2.79 bits per heavy atom. The summed E-state index contributed by atoms with van der Waals surface area (Å²) in [5.41, 5.74) is 0.274. The molecular formula is C14H16FNO3. The van der Waals surface area contributed by atoms with Gasteiger partial charge in [-0.3, -0.25) is 4.79 Å². The van der Waals surface area contributed by atoms with Crippen LogP contribution in [0.1, 0.15) is 35.7 Å². The van der Waals surface area contributed by atoms with Crippen molar-refractivity contribution in [2.45, 2.75) is 26.3 Å². The molecule has 1 unspecified atom stereocenters. The van der Waals surface area contributed by atoms with E-state index in [0.29, 0.717) is 31.0 Å². The Morgan fingerprint density at radius 2 is 2.26 bits per heavy atom. The maximum absolute atomic E-state index is 13.5. The van der Waals surface area contributed by atoms with Crippen molar-refractivity contribution < 1.29 is 19.1 Å². The number of carboxylic acid groups (broad SMARTS) is 1. The number of hydrogen-bond acceptors (Lipinski definition) is 2. The molecule has 1 aliphatic rings. The van der Waals surface area contributed by atoms with E-state index < -0.39 is 11.8 Å². The molecule has 19 heavy (non-hydrogen) atoms. The normalized spacial score (nSPS) is 18.9. The minimum absolute atomic E-state index is 0.0783. The number of nitrogens with zero attached hydrogens (tertiary/aromatic N) is 1. The van der Waals surface area contributed by atoms with E-state index in [9.17, 15) is 14.0 Å². The summed E-state index contributed by atoms with van der Waals surface area (Å²) in [5.74, 6) is -1.60. The first-order valence-corrected chi connectivity index (χ1v) is 6.30. The number of rotatable bonds is 4. The number of halogens is 1. The van der Waals surface area contributed by atoms with Crippen LogP contribution in [0.2, 0.25) is 0 Å². The molecule has 1 fully saturated rings. The number of hydrogen-bond donors (Lipinski definition) is 1. The molecule has 0 aliphatic carbocycles. The van der Waals surface area contributed by atoms with Gasteiger partial charge in [0, 0.05) is 19.5 Å². The molecule has 1 atom stereocenters. The Hall–Kier alpha value is -1.91. The molecule has 1 aromatic rings. The fourth-order valence-electron chi connectivity index (χ4n) is 2.33. The summed E-state index contributed by atoms with van der Waals surface area (Å²) < 4.78 is 13.5. The van der Waals surface area contributed by atoms with Crippen molar-refractivity contribution in [3.8, 4) is 0 Å². The third-order valence-corrected chi connectivity index (χ3v) is 3.51. The second-order valence-electron chi connectivity index (χ2n) is 4.87. The molecule has 1 aromatic carbocycles. The molecule has 0 spiro atoms. The lowest BCUT2D eigenvalue weighted by molar-refractivity contribution is -0.128. The van der Waals surface area contributed by atoms with Crippen LogP contribution in [-0.4, -0.2) is 28.4 Å². The van der Waals surface area contributed by atoms with E-state index >= 15 is 0 Å². The lowest BCUT2D eigenvalue weighted by Crippen LogP contribution is -2.24. The van der Waals surface area contributed by atoms with Gasteiger partial charge in [-0.05, 0) is 23.6 Å². The number of carboxylic acids is 1. The Balaban J connectivity index is 2.10. The van der Waals surface area contributed by atoms with E-state index in [-0.39, 0.29) is 11.5 Å². The summed E-state index contributed by atoms with van der Waals surface area (Å²) in [7, 11) is 0. The number of carbonyl (C=O) groups is 2. The van der Waals surface area contributed by atoms with Crippen LogP contribution in [0.15, 0.2) is 18.2 Å². The molecule has 0 bridgehead atoms. The molecule has 1 N–H and O–H groups in total. The molecule has 1 saturated heterocycles. The van der Waals surface area contributed by atoms with Crippen molar-refractivity contribution >= 4 is 11.9 Å². The third kappa shape index (κ3) is 2.92.